The van der Waals surface area contributed by atoms with E-state index in [0.717, 1.165) is 22.5 Å². The predicted molar refractivity (Wildman–Crippen MR) is 104 cm³/mol. The van der Waals surface area contributed by atoms with Crippen LogP contribution in [0.15, 0.2) is 54.9 Å². The van der Waals surface area contributed by atoms with Gasteiger partial charge < -0.3 is 20.1 Å². The van der Waals surface area contributed by atoms with E-state index in [9.17, 15) is 4.79 Å². The lowest BCUT2D eigenvalue weighted by atomic mass is 10.1. The molecule has 2 heterocycles. The van der Waals surface area contributed by atoms with Crippen LogP contribution in [0.2, 0.25) is 0 Å². The van der Waals surface area contributed by atoms with Crippen LogP contribution in [0, 0.1) is 13.8 Å². The lowest BCUT2D eigenvalue weighted by Gasteiger charge is -2.13. The smallest absolute Gasteiger partial charge is 0.257 e. The van der Waals surface area contributed by atoms with Gasteiger partial charge in [-0.2, -0.15) is 0 Å². The Morgan fingerprint density at radius 3 is 2.56 bits per heavy atom. The van der Waals surface area contributed by atoms with Crippen molar-refractivity contribution in [1.82, 2.24) is 4.98 Å². The Labute approximate surface area is 157 Å². The van der Waals surface area contributed by atoms with E-state index in [-0.39, 0.29) is 12.7 Å². The molecule has 1 aromatic heterocycles. The number of carbonyl (C=O) groups is 1. The Morgan fingerprint density at radius 2 is 1.74 bits per heavy atom. The molecule has 6 heteroatoms. The molecule has 0 spiro atoms. The summed E-state index contributed by atoms with van der Waals surface area (Å²) >= 11 is 0. The number of hydrogen-bond acceptors (Lipinski definition) is 5. The number of rotatable bonds is 4. The van der Waals surface area contributed by atoms with Crippen LogP contribution >= 0.6 is 0 Å². The minimum absolute atomic E-state index is 0.197. The first-order valence-electron chi connectivity index (χ1n) is 8.59. The molecule has 6 nitrogen and oxygen atoms in total. The van der Waals surface area contributed by atoms with Crippen molar-refractivity contribution in [2.24, 2.45) is 0 Å². The number of hydrogen-bond donors (Lipinski definition) is 2. The SMILES string of the molecule is Cc1cccc(C)c1Nc1cncc(C(=O)Nc2ccc3c(c2)OCO3)c1. The summed E-state index contributed by atoms with van der Waals surface area (Å²) in [6.45, 7) is 4.28. The van der Waals surface area contributed by atoms with Crippen LogP contribution in [0.5, 0.6) is 11.5 Å². The van der Waals surface area contributed by atoms with Crippen molar-refractivity contribution >= 4 is 23.0 Å². The number of pyridine rings is 1. The molecule has 0 aliphatic carbocycles. The highest BCUT2D eigenvalue weighted by molar-refractivity contribution is 6.04. The van der Waals surface area contributed by atoms with Crippen molar-refractivity contribution in [3.8, 4) is 11.5 Å². The molecular weight excluding hydrogens is 342 g/mol. The van der Waals surface area contributed by atoms with Gasteiger partial charge in [0.05, 0.1) is 17.4 Å². The summed E-state index contributed by atoms with van der Waals surface area (Å²) in [7, 11) is 0. The maximum absolute atomic E-state index is 12.6. The van der Waals surface area contributed by atoms with E-state index in [1.165, 1.54) is 6.20 Å². The zero-order valence-corrected chi connectivity index (χ0v) is 15.1. The Bertz CT molecular complexity index is 997. The molecule has 4 rings (SSSR count). The molecule has 3 aromatic rings. The van der Waals surface area contributed by atoms with Gasteiger partial charge in [-0.1, -0.05) is 18.2 Å². The fourth-order valence-corrected chi connectivity index (χ4v) is 2.97. The van der Waals surface area contributed by atoms with E-state index < -0.39 is 0 Å². The third-order valence-corrected chi connectivity index (χ3v) is 4.38. The molecule has 27 heavy (non-hydrogen) atoms. The molecule has 0 unspecified atom stereocenters. The average Bonchev–Trinajstić information content (AvgIpc) is 3.13. The Balaban J connectivity index is 1.52. The first-order valence-corrected chi connectivity index (χ1v) is 8.59. The molecule has 0 saturated carbocycles. The van der Waals surface area contributed by atoms with Gasteiger partial charge in [0.25, 0.3) is 5.91 Å². The van der Waals surface area contributed by atoms with Gasteiger partial charge in [0, 0.05) is 23.6 Å². The molecular formula is C21H19N3O3. The summed E-state index contributed by atoms with van der Waals surface area (Å²) in [6, 6.07) is 13.2. The summed E-state index contributed by atoms with van der Waals surface area (Å²) < 4.78 is 10.6. The maximum Gasteiger partial charge on any atom is 0.257 e. The van der Waals surface area contributed by atoms with Gasteiger partial charge in [-0.05, 0) is 43.2 Å². The van der Waals surface area contributed by atoms with Gasteiger partial charge >= 0.3 is 0 Å². The van der Waals surface area contributed by atoms with Crippen LogP contribution in [0.4, 0.5) is 17.1 Å². The van der Waals surface area contributed by atoms with E-state index in [0.29, 0.717) is 22.7 Å². The van der Waals surface area contributed by atoms with Gasteiger partial charge in [0.2, 0.25) is 6.79 Å². The molecule has 2 N–H and O–H groups in total. The van der Waals surface area contributed by atoms with Crippen molar-refractivity contribution in [1.29, 1.82) is 0 Å². The zero-order valence-electron chi connectivity index (χ0n) is 15.1. The maximum atomic E-state index is 12.6. The minimum Gasteiger partial charge on any atom is -0.454 e. The van der Waals surface area contributed by atoms with E-state index in [1.807, 2.05) is 32.0 Å². The van der Waals surface area contributed by atoms with Gasteiger partial charge in [-0.15, -0.1) is 0 Å². The zero-order chi connectivity index (χ0) is 18.8. The number of para-hydroxylation sites is 1. The number of ether oxygens (including phenoxy) is 2. The van der Waals surface area contributed by atoms with E-state index in [2.05, 4.69) is 15.6 Å². The first kappa shape index (κ1) is 16.9. The molecule has 0 atom stereocenters. The van der Waals surface area contributed by atoms with Crippen LogP contribution in [-0.4, -0.2) is 17.7 Å². The first-order chi connectivity index (χ1) is 13.1. The van der Waals surface area contributed by atoms with Gasteiger partial charge in [-0.25, -0.2) is 0 Å². The topological polar surface area (TPSA) is 72.5 Å². The van der Waals surface area contributed by atoms with Crippen LogP contribution in [0.25, 0.3) is 0 Å². The fourth-order valence-electron chi connectivity index (χ4n) is 2.97. The number of amides is 1. The third kappa shape index (κ3) is 3.55. The molecule has 0 bridgehead atoms. The Kier molecular flexibility index (Phi) is 4.38. The molecule has 0 radical (unpaired) electrons. The lowest BCUT2D eigenvalue weighted by Crippen LogP contribution is -2.12. The summed E-state index contributed by atoms with van der Waals surface area (Å²) in [5.74, 6) is 1.05. The molecule has 136 valence electrons. The second-order valence-corrected chi connectivity index (χ2v) is 6.38. The van der Waals surface area contributed by atoms with Crippen molar-refractivity contribution in [2.75, 3.05) is 17.4 Å². The highest BCUT2D eigenvalue weighted by Gasteiger charge is 2.15. The van der Waals surface area contributed by atoms with Gasteiger partial charge in [0.15, 0.2) is 11.5 Å². The van der Waals surface area contributed by atoms with E-state index >= 15 is 0 Å². The third-order valence-electron chi connectivity index (χ3n) is 4.38. The summed E-state index contributed by atoms with van der Waals surface area (Å²) in [5.41, 5.74) is 5.13. The van der Waals surface area contributed by atoms with Crippen LogP contribution < -0.4 is 20.1 Å². The molecule has 0 fully saturated rings. The number of nitrogens with one attached hydrogen (secondary N) is 2. The number of carbonyl (C=O) groups excluding carboxylic acids is 1. The minimum atomic E-state index is -0.244. The van der Waals surface area contributed by atoms with Crippen molar-refractivity contribution in [3.05, 3.63) is 71.5 Å². The number of aromatic nitrogens is 1. The largest absolute Gasteiger partial charge is 0.454 e. The average molecular weight is 361 g/mol. The molecule has 1 aliphatic rings. The van der Waals surface area contributed by atoms with Crippen LogP contribution in [0.1, 0.15) is 21.5 Å². The van der Waals surface area contributed by atoms with Crippen LogP contribution in [0.3, 0.4) is 0 Å². The highest BCUT2D eigenvalue weighted by atomic mass is 16.7. The standard InChI is InChI=1S/C21H19N3O3/c1-13-4-3-5-14(2)20(13)23-17-8-15(10-22-11-17)21(25)24-16-6-7-18-19(9-16)27-12-26-18/h3-11,23H,12H2,1-2H3,(H,24,25). The number of benzene rings is 2. The lowest BCUT2D eigenvalue weighted by molar-refractivity contribution is 0.102. The molecule has 0 saturated heterocycles. The fraction of sp³-hybridized carbons (Fsp3) is 0.143. The van der Waals surface area contributed by atoms with Crippen LogP contribution in [-0.2, 0) is 0 Å². The summed E-state index contributed by atoms with van der Waals surface area (Å²) in [6.07, 6.45) is 3.24. The number of aryl methyl sites for hydroxylation is 2. The molecule has 1 aliphatic heterocycles. The number of nitrogens with zero attached hydrogens (tertiary/aromatic N) is 1. The van der Waals surface area contributed by atoms with E-state index in [1.54, 1.807) is 30.5 Å². The molecule has 2 aromatic carbocycles. The Morgan fingerprint density at radius 1 is 0.963 bits per heavy atom. The van der Waals surface area contributed by atoms with E-state index in [4.69, 9.17) is 9.47 Å². The van der Waals surface area contributed by atoms with Gasteiger partial charge in [-0.3, -0.25) is 9.78 Å². The Hall–Kier alpha value is -3.54. The van der Waals surface area contributed by atoms with Gasteiger partial charge in [0.1, 0.15) is 0 Å². The van der Waals surface area contributed by atoms with Crippen molar-refractivity contribution in [2.45, 2.75) is 13.8 Å². The summed E-state index contributed by atoms with van der Waals surface area (Å²) in [4.78, 5) is 16.8. The summed E-state index contributed by atoms with van der Waals surface area (Å²) in [5, 5.41) is 6.21. The van der Waals surface area contributed by atoms with Crippen molar-refractivity contribution < 1.29 is 14.3 Å². The predicted octanol–water partition coefficient (Wildman–Crippen LogP) is 4.42. The number of fused-ring (bicyclic) bond motifs is 1. The second kappa shape index (κ2) is 6.99. The monoisotopic (exact) mass is 361 g/mol. The highest BCUT2D eigenvalue weighted by Crippen LogP contribution is 2.34. The number of anilines is 3. The quantitative estimate of drug-likeness (QED) is 0.719. The normalized spacial score (nSPS) is 11.9. The van der Waals surface area contributed by atoms with Crippen molar-refractivity contribution in [3.63, 3.8) is 0 Å². The molecule has 1 amide bonds. The second-order valence-electron chi connectivity index (χ2n) is 6.38.